The summed E-state index contributed by atoms with van der Waals surface area (Å²) in [6.45, 7) is 4.43. The Bertz CT molecular complexity index is 1110. The highest BCUT2D eigenvalue weighted by molar-refractivity contribution is 6.33. The van der Waals surface area contributed by atoms with Crippen LogP contribution in [0.5, 0.6) is 0 Å². The molecule has 0 radical (unpaired) electrons. The van der Waals surface area contributed by atoms with Crippen LogP contribution in [0.1, 0.15) is 29.8 Å². The topological polar surface area (TPSA) is 63.4 Å². The fourth-order valence-electron chi connectivity index (χ4n) is 4.25. The Morgan fingerprint density at radius 1 is 1.12 bits per heavy atom. The van der Waals surface area contributed by atoms with Crippen LogP contribution in [0.2, 0.25) is 10.0 Å². The van der Waals surface area contributed by atoms with Crippen molar-refractivity contribution in [2.75, 3.05) is 31.1 Å². The Morgan fingerprint density at radius 2 is 1.91 bits per heavy atom. The average molecular weight is 467 g/mol. The van der Waals surface area contributed by atoms with Gasteiger partial charge in [0.15, 0.2) is 0 Å². The number of nitriles is 1. The molecular formula is C25H24Cl2N4O. The molecule has 1 aliphatic heterocycles. The second-order valence-corrected chi connectivity index (χ2v) is 9.11. The lowest BCUT2D eigenvalue weighted by Gasteiger charge is -2.45. The molecule has 0 aliphatic carbocycles. The minimum Gasteiger partial charge on any atom is -0.382 e. The monoisotopic (exact) mass is 466 g/mol. The van der Waals surface area contributed by atoms with Crippen LogP contribution >= 0.6 is 23.2 Å². The number of β-amino-alcohol motifs (C(OH)–C–C–N with tert-alkyl or cyclic N) is 1. The third-order valence-corrected chi connectivity index (χ3v) is 6.41. The first kappa shape index (κ1) is 22.6. The number of piperazine rings is 1. The van der Waals surface area contributed by atoms with E-state index in [4.69, 9.17) is 23.2 Å². The molecule has 32 heavy (non-hydrogen) atoms. The SMILES string of the molecule is C[C@](O)(CN1CCN(c2ccc(C#N)cc2Cl)[C@H](c2ccc(Cl)cc2)C1)c1ccccn1. The summed E-state index contributed by atoms with van der Waals surface area (Å²) in [5, 5.41) is 21.6. The number of halogens is 2. The predicted molar refractivity (Wildman–Crippen MR) is 128 cm³/mol. The van der Waals surface area contributed by atoms with Gasteiger partial charge < -0.3 is 10.0 Å². The third-order valence-electron chi connectivity index (χ3n) is 5.85. The highest BCUT2D eigenvalue weighted by Gasteiger charge is 2.34. The summed E-state index contributed by atoms with van der Waals surface area (Å²) in [7, 11) is 0. The Balaban J connectivity index is 1.63. The number of nitrogens with zero attached hydrogens (tertiary/aromatic N) is 4. The number of pyridine rings is 1. The van der Waals surface area contributed by atoms with E-state index in [2.05, 4.69) is 20.9 Å². The molecule has 2 heterocycles. The van der Waals surface area contributed by atoms with Crippen molar-refractivity contribution in [3.05, 3.63) is 93.7 Å². The molecule has 1 aliphatic rings. The average Bonchev–Trinajstić information content (AvgIpc) is 2.80. The molecule has 5 nitrogen and oxygen atoms in total. The lowest BCUT2D eigenvalue weighted by Crippen LogP contribution is -2.52. The summed E-state index contributed by atoms with van der Waals surface area (Å²) in [4.78, 5) is 8.86. The molecule has 0 unspecified atom stereocenters. The summed E-state index contributed by atoms with van der Waals surface area (Å²) in [6, 6.07) is 20.9. The Morgan fingerprint density at radius 3 is 2.56 bits per heavy atom. The van der Waals surface area contributed by atoms with Gasteiger partial charge in [-0.25, -0.2) is 0 Å². The van der Waals surface area contributed by atoms with Crippen molar-refractivity contribution in [2.45, 2.75) is 18.6 Å². The van der Waals surface area contributed by atoms with E-state index >= 15 is 0 Å². The number of aliphatic hydroxyl groups is 1. The van der Waals surface area contributed by atoms with Crippen LogP contribution in [-0.4, -0.2) is 41.2 Å². The van der Waals surface area contributed by atoms with E-state index in [0.29, 0.717) is 34.4 Å². The molecule has 7 heteroatoms. The summed E-state index contributed by atoms with van der Waals surface area (Å²) < 4.78 is 0. The van der Waals surface area contributed by atoms with Gasteiger partial charge in [0.05, 0.1) is 34.1 Å². The van der Waals surface area contributed by atoms with Crippen molar-refractivity contribution in [1.82, 2.24) is 9.88 Å². The molecule has 0 spiro atoms. The van der Waals surface area contributed by atoms with Gasteiger partial charge in [0.25, 0.3) is 0 Å². The fourth-order valence-corrected chi connectivity index (χ4v) is 4.66. The molecule has 2 atom stereocenters. The molecule has 164 valence electrons. The Kier molecular flexibility index (Phi) is 6.68. The minimum atomic E-state index is -1.07. The van der Waals surface area contributed by atoms with Gasteiger partial charge in [-0.05, 0) is 55.0 Å². The first-order valence-electron chi connectivity index (χ1n) is 10.5. The highest BCUT2D eigenvalue weighted by Crippen LogP contribution is 2.36. The molecule has 0 saturated carbocycles. The predicted octanol–water partition coefficient (Wildman–Crippen LogP) is 5.03. The van der Waals surface area contributed by atoms with E-state index in [1.54, 1.807) is 25.3 Å². The van der Waals surface area contributed by atoms with Crippen molar-refractivity contribution < 1.29 is 5.11 Å². The van der Waals surface area contributed by atoms with Crippen molar-refractivity contribution in [3.63, 3.8) is 0 Å². The smallest absolute Gasteiger partial charge is 0.116 e. The van der Waals surface area contributed by atoms with E-state index in [1.165, 1.54) is 0 Å². The van der Waals surface area contributed by atoms with Crippen molar-refractivity contribution >= 4 is 28.9 Å². The van der Waals surface area contributed by atoms with E-state index in [9.17, 15) is 10.4 Å². The molecule has 1 aromatic heterocycles. The zero-order chi connectivity index (χ0) is 22.7. The van der Waals surface area contributed by atoms with Crippen LogP contribution in [0.3, 0.4) is 0 Å². The molecule has 0 amide bonds. The van der Waals surface area contributed by atoms with E-state index in [1.807, 2.05) is 48.5 Å². The van der Waals surface area contributed by atoms with Crippen LogP contribution in [0, 0.1) is 11.3 Å². The van der Waals surface area contributed by atoms with Gasteiger partial charge in [0.1, 0.15) is 5.60 Å². The number of hydrogen-bond donors (Lipinski definition) is 1. The van der Waals surface area contributed by atoms with Crippen molar-refractivity contribution in [2.24, 2.45) is 0 Å². The maximum absolute atomic E-state index is 11.1. The second kappa shape index (κ2) is 9.48. The number of anilines is 1. The van der Waals surface area contributed by atoms with Gasteiger partial charge in [-0.15, -0.1) is 0 Å². The van der Waals surface area contributed by atoms with Gasteiger partial charge in [0.2, 0.25) is 0 Å². The first-order valence-corrected chi connectivity index (χ1v) is 11.2. The molecule has 3 aromatic rings. The lowest BCUT2D eigenvalue weighted by molar-refractivity contribution is 0.00678. The Hall–Kier alpha value is -2.62. The van der Waals surface area contributed by atoms with Crippen LogP contribution < -0.4 is 4.90 Å². The van der Waals surface area contributed by atoms with Gasteiger partial charge in [-0.3, -0.25) is 9.88 Å². The maximum Gasteiger partial charge on any atom is 0.116 e. The van der Waals surface area contributed by atoms with Gasteiger partial charge in [-0.2, -0.15) is 5.26 Å². The summed E-state index contributed by atoms with van der Waals surface area (Å²) in [6.07, 6.45) is 1.70. The second-order valence-electron chi connectivity index (χ2n) is 8.26. The lowest BCUT2D eigenvalue weighted by atomic mass is 9.97. The molecular weight excluding hydrogens is 443 g/mol. The number of aromatic nitrogens is 1. The first-order chi connectivity index (χ1) is 15.4. The molecule has 2 aromatic carbocycles. The van der Waals surface area contributed by atoms with Crippen LogP contribution in [0.15, 0.2) is 66.9 Å². The van der Waals surface area contributed by atoms with Crippen LogP contribution in [0.4, 0.5) is 5.69 Å². The molecule has 0 bridgehead atoms. The van der Waals surface area contributed by atoms with Gasteiger partial charge in [0, 0.05) is 37.4 Å². The number of hydrogen-bond acceptors (Lipinski definition) is 5. The summed E-state index contributed by atoms with van der Waals surface area (Å²) >= 11 is 12.7. The minimum absolute atomic E-state index is 0.00554. The zero-order valence-corrected chi connectivity index (χ0v) is 19.3. The number of benzene rings is 2. The molecule has 4 rings (SSSR count). The normalized spacial score (nSPS) is 18.7. The zero-order valence-electron chi connectivity index (χ0n) is 17.7. The highest BCUT2D eigenvalue weighted by atomic mass is 35.5. The third kappa shape index (κ3) is 4.90. The summed E-state index contributed by atoms with van der Waals surface area (Å²) in [5.41, 5.74) is 2.12. The standard InChI is InChI=1S/C25H24Cl2N4O/c1-25(32,24-4-2-3-11-29-24)17-30-12-13-31(22-10-5-18(15-28)14-21(22)27)23(16-30)19-6-8-20(26)9-7-19/h2-11,14,23,32H,12-13,16-17H2,1H3/t23-,25-/m0/s1. The van der Waals surface area contributed by atoms with E-state index < -0.39 is 5.60 Å². The number of rotatable bonds is 5. The fraction of sp³-hybridized carbons (Fsp3) is 0.280. The maximum atomic E-state index is 11.1. The van der Waals surface area contributed by atoms with Crippen molar-refractivity contribution in [1.29, 1.82) is 5.26 Å². The summed E-state index contributed by atoms with van der Waals surface area (Å²) in [5.74, 6) is 0. The quantitative estimate of drug-likeness (QED) is 0.570. The van der Waals surface area contributed by atoms with E-state index in [-0.39, 0.29) is 6.04 Å². The van der Waals surface area contributed by atoms with Crippen LogP contribution in [-0.2, 0) is 5.60 Å². The van der Waals surface area contributed by atoms with Gasteiger partial charge >= 0.3 is 0 Å². The Labute approximate surface area is 198 Å². The van der Waals surface area contributed by atoms with E-state index in [0.717, 1.165) is 24.3 Å². The largest absolute Gasteiger partial charge is 0.382 e. The molecule has 1 fully saturated rings. The molecule has 1 N–H and O–H groups in total. The van der Waals surface area contributed by atoms with Crippen molar-refractivity contribution in [3.8, 4) is 6.07 Å². The van der Waals surface area contributed by atoms with Gasteiger partial charge in [-0.1, -0.05) is 41.4 Å². The van der Waals surface area contributed by atoms with Crippen LogP contribution in [0.25, 0.3) is 0 Å². The molecule has 1 saturated heterocycles.